The summed E-state index contributed by atoms with van der Waals surface area (Å²) < 4.78 is 1.26. The van der Waals surface area contributed by atoms with Gasteiger partial charge in [-0.25, -0.2) is 4.98 Å². The van der Waals surface area contributed by atoms with Crippen LogP contribution in [0.1, 0.15) is 5.56 Å². The largest absolute Gasteiger partial charge is 0.244 e. The third kappa shape index (κ3) is 1.14. The first-order valence-electron chi connectivity index (χ1n) is 3.84. The van der Waals surface area contributed by atoms with Crippen LogP contribution in [-0.4, -0.2) is 4.98 Å². The van der Waals surface area contributed by atoms with E-state index in [4.69, 9.17) is 0 Å². The van der Waals surface area contributed by atoms with Crippen molar-refractivity contribution in [1.29, 1.82) is 0 Å². The predicted octanol–water partition coefficient (Wildman–Crippen LogP) is 3.02. The van der Waals surface area contributed by atoms with E-state index in [0.717, 1.165) is 11.9 Å². The van der Waals surface area contributed by atoms with Crippen LogP contribution >= 0.6 is 11.3 Å². The molecule has 0 saturated carbocycles. The summed E-state index contributed by atoms with van der Waals surface area (Å²) in [5, 5.41) is 0. The van der Waals surface area contributed by atoms with Crippen LogP contribution < -0.4 is 0 Å². The highest BCUT2D eigenvalue weighted by Crippen LogP contribution is 2.21. The number of aromatic nitrogens is 1. The van der Waals surface area contributed by atoms with Gasteiger partial charge >= 0.3 is 0 Å². The van der Waals surface area contributed by atoms with Crippen molar-refractivity contribution in [2.45, 2.75) is 6.42 Å². The first-order valence-corrected chi connectivity index (χ1v) is 4.72. The maximum absolute atomic E-state index is 4.31. The van der Waals surface area contributed by atoms with E-state index >= 15 is 0 Å². The Labute approximate surface area is 75.4 Å². The van der Waals surface area contributed by atoms with Gasteiger partial charge in [0.05, 0.1) is 15.7 Å². The lowest BCUT2D eigenvalue weighted by Gasteiger charge is -1.96. The molecule has 0 N–H and O–H groups in total. The van der Waals surface area contributed by atoms with Gasteiger partial charge in [0.1, 0.15) is 0 Å². The Hall–Kier alpha value is -1.15. The molecule has 0 aliphatic rings. The molecular formula is C10H9NS. The quantitative estimate of drug-likeness (QED) is 0.639. The van der Waals surface area contributed by atoms with Crippen LogP contribution in [0.2, 0.25) is 0 Å². The molecule has 12 heavy (non-hydrogen) atoms. The molecule has 1 heterocycles. The van der Waals surface area contributed by atoms with E-state index in [2.05, 4.69) is 29.8 Å². The van der Waals surface area contributed by atoms with Gasteiger partial charge in [0.25, 0.3) is 0 Å². The average Bonchev–Trinajstić information content (AvgIpc) is 2.53. The number of thiazole rings is 1. The third-order valence-electron chi connectivity index (χ3n) is 1.81. The Kier molecular flexibility index (Phi) is 1.92. The van der Waals surface area contributed by atoms with Gasteiger partial charge in [-0.2, -0.15) is 0 Å². The van der Waals surface area contributed by atoms with Gasteiger partial charge in [-0.3, -0.25) is 0 Å². The molecule has 1 nitrogen and oxygen atoms in total. The molecule has 0 fully saturated rings. The summed E-state index contributed by atoms with van der Waals surface area (Å²) in [6, 6.07) is 6.27. The monoisotopic (exact) mass is 175 g/mol. The molecule has 0 unspecified atom stereocenters. The van der Waals surface area contributed by atoms with Crippen LogP contribution in [0.25, 0.3) is 10.2 Å². The van der Waals surface area contributed by atoms with E-state index in [0.29, 0.717) is 0 Å². The highest BCUT2D eigenvalue weighted by Gasteiger charge is 2.00. The lowest BCUT2D eigenvalue weighted by molar-refractivity contribution is 1.28. The van der Waals surface area contributed by atoms with Crippen molar-refractivity contribution in [1.82, 2.24) is 4.98 Å². The molecule has 1 aromatic heterocycles. The average molecular weight is 175 g/mol. The minimum absolute atomic E-state index is 0.904. The standard InChI is InChI=1S/C10H9NS/c1-2-4-8-5-3-6-9-10(8)11-7-12-9/h2-3,5-7H,1,4H2. The fourth-order valence-electron chi connectivity index (χ4n) is 1.27. The summed E-state index contributed by atoms with van der Waals surface area (Å²) in [7, 11) is 0. The molecule has 0 amide bonds. The number of para-hydroxylation sites is 1. The molecule has 0 aliphatic carbocycles. The van der Waals surface area contributed by atoms with Crippen molar-refractivity contribution in [3.05, 3.63) is 41.9 Å². The van der Waals surface area contributed by atoms with Crippen LogP contribution in [0.4, 0.5) is 0 Å². The Balaban J connectivity index is 2.65. The normalized spacial score (nSPS) is 10.3. The molecule has 0 radical (unpaired) electrons. The maximum Gasteiger partial charge on any atom is 0.0847 e. The second kappa shape index (κ2) is 3.07. The van der Waals surface area contributed by atoms with Crippen molar-refractivity contribution in [3.63, 3.8) is 0 Å². The van der Waals surface area contributed by atoms with Gasteiger partial charge in [-0.05, 0) is 18.1 Å². The smallest absolute Gasteiger partial charge is 0.0847 e. The summed E-state index contributed by atoms with van der Waals surface area (Å²) in [4.78, 5) is 4.31. The zero-order chi connectivity index (χ0) is 8.39. The Bertz CT molecular complexity index is 403. The van der Waals surface area contributed by atoms with Crippen molar-refractivity contribution >= 4 is 21.6 Å². The fourth-order valence-corrected chi connectivity index (χ4v) is 1.99. The Morgan fingerprint density at radius 1 is 1.50 bits per heavy atom. The van der Waals surface area contributed by atoms with E-state index < -0.39 is 0 Å². The lowest BCUT2D eigenvalue weighted by atomic mass is 10.1. The lowest BCUT2D eigenvalue weighted by Crippen LogP contribution is -1.81. The number of fused-ring (bicyclic) bond motifs is 1. The van der Waals surface area contributed by atoms with Crippen molar-refractivity contribution in [2.24, 2.45) is 0 Å². The van der Waals surface area contributed by atoms with Gasteiger partial charge in [-0.1, -0.05) is 18.2 Å². The number of hydrogen-bond donors (Lipinski definition) is 0. The SMILES string of the molecule is C=CCc1cccc2scnc12. The summed E-state index contributed by atoms with van der Waals surface area (Å²) in [6.07, 6.45) is 2.81. The van der Waals surface area contributed by atoms with Crippen LogP contribution in [0.5, 0.6) is 0 Å². The molecule has 2 aromatic rings. The zero-order valence-electron chi connectivity index (χ0n) is 6.66. The molecule has 2 heteroatoms. The zero-order valence-corrected chi connectivity index (χ0v) is 7.47. The molecule has 0 atom stereocenters. The number of rotatable bonds is 2. The van der Waals surface area contributed by atoms with E-state index in [9.17, 15) is 0 Å². The fraction of sp³-hybridized carbons (Fsp3) is 0.100. The van der Waals surface area contributed by atoms with Crippen molar-refractivity contribution in [2.75, 3.05) is 0 Å². The molecular weight excluding hydrogens is 166 g/mol. The number of nitrogens with zero attached hydrogens (tertiary/aromatic N) is 1. The van der Waals surface area contributed by atoms with Crippen LogP contribution in [0, 0.1) is 0 Å². The molecule has 0 saturated heterocycles. The molecule has 1 aromatic carbocycles. The predicted molar refractivity (Wildman–Crippen MR) is 53.5 cm³/mol. The minimum Gasteiger partial charge on any atom is -0.244 e. The van der Waals surface area contributed by atoms with E-state index in [1.807, 2.05) is 11.6 Å². The van der Waals surface area contributed by atoms with Crippen molar-refractivity contribution < 1.29 is 0 Å². The van der Waals surface area contributed by atoms with Crippen LogP contribution in [0.3, 0.4) is 0 Å². The third-order valence-corrected chi connectivity index (χ3v) is 2.60. The van der Waals surface area contributed by atoms with Gasteiger partial charge in [0.15, 0.2) is 0 Å². The summed E-state index contributed by atoms with van der Waals surface area (Å²) in [6.45, 7) is 3.72. The Morgan fingerprint density at radius 2 is 2.42 bits per heavy atom. The Morgan fingerprint density at radius 3 is 3.25 bits per heavy atom. The minimum atomic E-state index is 0.904. The second-order valence-corrected chi connectivity index (χ2v) is 3.50. The maximum atomic E-state index is 4.31. The first kappa shape index (κ1) is 7.50. The number of allylic oxidation sites excluding steroid dienone is 1. The number of hydrogen-bond acceptors (Lipinski definition) is 2. The van der Waals surface area contributed by atoms with Crippen LogP contribution in [-0.2, 0) is 6.42 Å². The van der Waals surface area contributed by atoms with Crippen molar-refractivity contribution in [3.8, 4) is 0 Å². The molecule has 2 rings (SSSR count). The highest BCUT2D eigenvalue weighted by molar-refractivity contribution is 7.16. The molecule has 0 bridgehead atoms. The molecule has 0 aliphatic heterocycles. The molecule has 60 valence electrons. The summed E-state index contributed by atoms with van der Waals surface area (Å²) in [5.41, 5.74) is 4.28. The highest BCUT2D eigenvalue weighted by atomic mass is 32.1. The first-order chi connectivity index (χ1) is 5.92. The van der Waals surface area contributed by atoms with Crippen LogP contribution in [0.15, 0.2) is 36.4 Å². The number of benzene rings is 1. The van der Waals surface area contributed by atoms with E-state index in [1.54, 1.807) is 11.3 Å². The molecule has 0 spiro atoms. The second-order valence-electron chi connectivity index (χ2n) is 2.61. The van der Waals surface area contributed by atoms with E-state index in [-0.39, 0.29) is 0 Å². The van der Waals surface area contributed by atoms with Gasteiger partial charge in [-0.15, -0.1) is 17.9 Å². The van der Waals surface area contributed by atoms with Gasteiger partial charge < -0.3 is 0 Å². The van der Waals surface area contributed by atoms with E-state index in [1.165, 1.54) is 10.3 Å². The van der Waals surface area contributed by atoms with Gasteiger partial charge in [0, 0.05) is 0 Å². The van der Waals surface area contributed by atoms with Gasteiger partial charge in [0.2, 0.25) is 0 Å². The summed E-state index contributed by atoms with van der Waals surface area (Å²) in [5.74, 6) is 0. The topological polar surface area (TPSA) is 12.9 Å². The summed E-state index contributed by atoms with van der Waals surface area (Å²) >= 11 is 1.68.